The third-order valence-corrected chi connectivity index (χ3v) is 4.02. The van der Waals surface area contributed by atoms with E-state index in [-0.39, 0.29) is 27.5 Å². The van der Waals surface area contributed by atoms with Gasteiger partial charge in [0, 0.05) is 0 Å². The standard InChI is InChI=1S/C15H14ClN3O4S/c1-8-3-4-11(23-2)10(5-8)18-12(20)7-24-15-17-6-9(16)13(19-15)14(21)22/h3-6H,7H2,1-2H3,(H,18,20)(H,21,22). The van der Waals surface area contributed by atoms with E-state index in [1.54, 1.807) is 12.1 Å². The lowest BCUT2D eigenvalue weighted by Crippen LogP contribution is -2.15. The summed E-state index contributed by atoms with van der Waals surface area (Å²) in [5.74, 6) is -0.981. The highest BCUT2D eigenvalue weighted by Gasteiger charge is 2.14. The van der Waals surface area contributed by atoms with Gasteiger partial charge in [0.15, 0.2) is 10.9 Å². The number of carboxylic acid groups (broad SMARTS) is 1. The van der Waals surface area contributed by atoms with Crippen LogP contribution in [0.4, 0.5) is 5.69 Å². The van der Waals surface area contributed by atoms with Crippen molar-refractivity contribution < 1.29 is 19.4 Å². The molecule has 126 valence electrons. The van der Waals surface area contributed by atoms with Crippen molar-refractivity contribution in [2.75, 3.05) is 18.2 Å². The summed E-state index contributed by atoms with van der Waals surface area (Å²) in [5, 5.41) is 11.8. The van der Waals surface area contributed by atoms with Crippen LogP contribution in [0.25, 0.3) is 0 Å². The molecule has 1 amide bonds. The van der Waals surface area contributed by atoms with E-state index in [2.05, 4.69) is 15.3 Å². The van der Waals surface area contributed by atoms with Gasteiger partial charge in [0.25, 0.3) is 0 Å². The van der Waals surface area contributed by atoms with Gasteiger partial charge in [0.05, 0.1) is 29.8 Å². The zero-order valence-electron chi connectivity index (χ0n) is 12.9. The summed E-state index contributed by atoms with van der Waals surface area (Å²) >= 11 is 6.71. The maximum absolute atomic E-state index is 12.1. The van der Waals surface area contributed by atoms with E-state index in [4.69, 9.17) is 21.4 Å². The molecule has 0 bridgehead atoms. The second-order valence-electron chi connectivity index (χ2n) is 4.69. The second kappa shape index (κ2) is 7.98. The van der Waals surface area contributed by atoms with Gasteiger partial charge in [0.2, 0.25) is 5.91 Å². The minimum atomic E-state index is -1.25. The summed E-state index contributed by atoms with van der Waals surface area (Å²) in [6.07, 6.45) is 1.20. The van der Waals surface area contributed by atoms with E-state index in [0.29, 0.717) is 11.4 Å². The van der Waals surface area contributed by atoms with Crippen molar-refractivity contribution in [1.29, 1.82) is 0 Å². The number of thioether (sulfide) groups is 1. The molecule has 7 nitrogen and oxygen atoms in total. The number of hydrogen-bond donors (Lipinski definition) is 2. The smallest absolute Gasteiger partial charge is 0.356 e. The van der Waals surface area contributed by atoms with Crippen LogP contribution in [-0.4, -0.2) is 39.8 Å². The minimum Gasteiger partial charge on any atom is -0.495 e. The fourth-order valence-corrected chi connectivity index (χ4v) is 2.59. The predicted molar refractivity (Wildman–Crippen MR) is 91.1 cm³/mol. The molecule has 1 aromatic carbocycles. The normalized spacial score (nSPS) is 10.3. The monoisotopic (exact) mass is 367 g/mol. The number of halogens is 1. The van der Waals surface area contributed by atoms with Crippen molar-refractivity contribution in [3.05, 3.63) is 40.7 Å². The molecular weight excluding hydrogens is 354 g/mol. The number of methoxy groups -OCH3 is 1. The molecule has 0 aliphatic rings. The molecule has 9 heteroatoms. The molecule has 2 aromatic rings. The van der Waals surface area contributed by atoms with Crippen molar-refractivity contribution in [2.24, 2.45) is 0 Å². The minimum absolute atomic E-state index is 0.0117. The van der Waals surface area contributed by atoms with Crippen molar-refractivity contribution >= 4 is 40.9 Å². The summed E-state index contributed by atoms with van der Waals surface area (Å²) in [7, 11) is 1.52. The van der Waals surface area contributed by atoms with Crippen molar-refractivity contribution in [3.8, 4) is 5.75 Å². The number of benzene rings is 1. The fraction of sp³-hybridized carbons (Fsp3) is 0.200. The number of carbonyl (C=O) groups excluding carboxylic acids is 1. The topological polar surface area (TPSA) is 101 Å². The average Bonchev–Trinajstić information content (AvgIpc) is 2.54. The Balaban J connectivity index is 2.03. The molecule has 0 saturated heterocycles. The molecule has 2 N–H and O–H groups in total. The van der Waals surface area contributed by atoms with Crippen LogP contribution < -0.4 is 10.1 Å². The van der Waals surface area contributed by atoms with E-state index < -0.39 is 5.97 Å². The fourth-order valence-electron chi connectivity index (χ4n) is 1.81. The number of aromatic nitrogens is 2. The van der Waals surface area contributed by atoms with Crippen molar-refractivity contribution in [3.63, 3.8) is 0 Å². The molecule has 1 heterocycles. The zero-order valence-corrected chi connectivity index (χ0v) is 14.4. The van der Waals surface area contributed by atoms with Crippen molar-refractivity contribution in [1.82, 2.24) is 9.97 Å². The lowest BCUT2D eigenvalue weighted by atomic mass is 10.2. The molecule has 2 rings (SSSR count). The van der Waals surface area contributed by atoms with Crippen LogP contribution in [0.1, 0.15) is 16.1 Å². The quantitative estimate of drug-likeness (QED) is 0.597. The van der Waals surface area contributed by atoms with Gasteiger partial charge in [-0.1, -0.05) is 29.4 Å². The average molecular weight is 368 g/mol. The molecule has 0 fully saturated rings. The molecular formula is C15H14ClN3O4S. The van der Waals surface area contributed by atoms with E-state index in [9.17, 15) is 9.59 Å². The Hall–Kier alpha value is -2.32. The summed E-state index contributed by atoms with van der Waals surface area (Å²) < 4.78 is 5.19. The Kier molecular flexibility index (Phi) is 5.99. The van der Waals surface area contributed by atoms with Crippen LogP contribution >= 0.6 is 23.4 Å². The Morgan fingerprint density at radius 2 is 2.17 bits per heavy atom. The number of aryl methyl sites for hydroxylation is 1. The van der Waals surface area contributed by atoms with Crippen LogP contribution in [0, 0.1) is 6.92 Å². The highest BCUT2D eigenvalue weighted by molar-refractivity contribution is 7.99. The Bertz CT molecular complexity index is 785. The molecule has 0 aliphatic carbocycles. The number of nitrogens with zero attached hydrogens (tertiary/aromatic N) is 2. The third-order valence-electron chi connectivity index (χ3n) is 2.89. The first-order chi connectivity index (χ1) is 11.4. The van der Waals surface area contributed by atoms with Gasteiger partial charge < -0.3 is 15.2 Å². The van der Waals surface area contributed by atoms with Crippen LogP contribution in [0.5, 0.6) is 5.75 Å². The number of nitrogens with one attached hydrogen (secondary N) is 1. The maximum Gasteiger partial charge on any atom is 0.356 e. The van der Waals surface area contributed by atoms with E-state index >= 15 is 0 Å². The van der Waals surface area contributed by atoms with Gasteiger partial charge in [-0.3, -0.25) is 4.79 Å². The molecule has 0 aliphatic heterocycles. The van der Waals surface area contributed by atoms with Gasteiger partial charge in [-0.15, -0.1) is 0 Å². The van der Waals surface area contributed by atoms with Gasteiger partial charge in [-0.25, -0.2) is 14.8 Å². The molecule has 0 spiro atoms. The van der Waals surface area contributed by atoms with E-state index in [1.807, 2.05) is 13.0 Å². The van der Waals surface area contributed by atoms with Crippen molar-refractivity contribution in [2.45, 2.75) is 12.1 Å². The molecule has 0 unspecified atom stereocenters. The first-order valence-corrected chi connectivity index (χ1v) is 8.10. The van der Waals surface area contributed by atoms with E-state index in [0.717, 1.165) is 17.3 Å². The first kappa shape index (κ1) is 18.0. The highest BCUT2D eigenvalue weighted by Crippen LogP contribution is 2.26. The number of ether oxygens (including phenoxy) is 1. The van der Waals surface area contributed by atoms with Crippen LogP contribution in [0.15, 0.2) is 29.6 Å². The van der Waals surface area contributed by atoms with Gasteiger partial charge in [-0.05, 0) is 24.6 Å². The number of carbonyl (C=O) groups is 2. The lowest BCUT2D eigenvalue weighted by Gasteiger charge is -2.10. The van der Waals surface area contributed by atoms with Gasteiger partial charge in [-0.2, -0.15) is 0 Å². The predicted octanol–water partition coefficient (Wildman–Crippen LogP) is 2.88. The maximum atomic E-state index is 12.1. The second-order valence-corrected chi connectivity index (χ2v) is 6.04. The van der Waals surface area contributed by atoms with Gasteiger partial charge >= 0.3 is 5.97 Å². The Morgan fingerprint density at radius 1 is 1.42 bits per heavy atom. The largest absolute Gasteiger partial charge is 0.495 e. The third kappa shape index (κ3) is 4.59. The summed E-state index contributed by atoms with van der Waals surface area (Å²) in [4.78, 5) is 30.8. The number of rotatable bonds is 6. The van der Waals surface area contributed by atoms with E-state index in [1.165, 1.54) is 13.3 Å². The summed E-state index contributed by atoms with van der Waals surface area (Å²) in [6, 6.07) is 5.43. The number of aromatic carboxylic acids is 1. The Labute approximate surface area is 147 Å². The number of amides is 1. The summed E-state index contributed by atoms with van der Waals surface area (Å²) in [5.41, 5.74) is 1.24. The van der Waals surface area contributed by atoms with Crippen LogP contribution in [0.3, 0.4) is 0 Å². The SMILES string of the molecule is COc1ccc(C)cc1NC(=O)CSc1ncc(Cl)c(C(=O)O)n1. The van der Waals surface area contributed by atoms with Gasteiger partial charge in [0.1, 0.15) is 5.75 Å². The number of anilines is 1. The molecule has 1 aromatic heterocycles. The Morgan fingerprint density at radius 3 is 2.83 bits per heavy atom. The molecule has 24 heavy (non-hydrogen) atoms. The molecule has 0 atom stereocenters. The van der Waals surface area contributed by atoms with Crippen LogP contribution in [-0.2, 0) is 4.79 Å². The highest BCUT2D eigenvalue weighted by atomic mass is 35.5. The lowest BCUT2D eigenvalue weighted by molar-refractivity contribution is -0.113. The molecule has 0 saturated carbocycles. The summed E-state index contributed by atoms with van der Waals surface area (Å²) in [6.45, 7) is 1.90. The number of hydrogen-bond acceptors (Lipinski definition) is 6. The molecule has 0 radical (unpaired) electrons. The first-order valence-electron chi connectivity index (χ1n) is 6.74. The van der Waals surface area contributed by atoms with Crippen LogP contribution in [0.2, 0.25) is 5.02 Å². The zero-order chi connectivity index (χ0) is 17.7. The number of carboxylic acids is 1.